The van der Waals surface area contributed by atoms with Crippen LogP contribution in [-0.2, 0) is 6.54 Å². The molecule has 3 nitrogen and oxygen atoms in total. The second-order valence-electron chi connectivity index (χ2n) is 6.56. The highest BCUT2D eigenvalue weighted by Crippen LogP contribution is 2.41. The van der Waals surface area contributed by atoms with Crippen LogP contribution in [0.4, 0.5) is 0 Å². The van der Waals surface area contributed by atoms with E-state index < -0.39 is 0 Å². The van der Waals surface area contributed by atoms with Gasteiger partial charge in [-0.05, 0) is 67.6 Å². The average Bonchev–Trinajstić information content (AvgIpc) is 3.34. The van der Waals surface area contributed by atoms with Gasteiger partial charge in [-0.15, -0.1) is 0 Å². The van der Waals surface area contributed by atoms with Crippen molar-refractivity contribution in [1.82, 2.24) is 9.55 Å². The Balaban J connectivity index is 1.81. The van der Waals surface area contributed by atoms with Crippen molar-refractivity contribution in [3.05, 3.63) is 64.5 Å². The summed E-state index contributed by atoms with van der Waals surface area (Å²) in [5, 5.41) is 8.94. The Kier molecular flexibility index (Phi) is 3.20. The predicted octanol–water partition coefficient (Wildman–Crippen LogP) is 4.45. The molecule has 1 aliphatic carbocycles. The number of benzene rings is 2. The Labute approximate surface area is 136 Å². The zero-order valence-corrected chi connectivity index (χ0v) is 13.5. The lowest BCUT2D eigenvalue weighted by Gasteiger charge is -2.10. The third kappa shape index (κ3) is 2.51. The molecule has 23 heavy (non-hydrogen) atoms. The minimum absolute atomic E-state index is 0.612. The van der Waals surface area contributed by atoms with Crippen molar-refractivity contribution >= 4 is 11.0 Å². The third-order valence-electron chi connectivity index (χ3n) is 4.76. The van der Waals surface area contributed by atoms with Gasteiger partial charge in [0.05, 0.1) is 22.7 Å². The first-order valence-electron chi connectivity index (χ1n) is 8.12. The number of nitriles is 1. The topological polar surface area (TPSA) is 41.6 Å². The lowest BCUT2D eigenvalue weighted by Crippen LogP contribution is -2.04. The van der Waals surface area contributed by atoms with Gasteiger partial charge in [-0.25, -0.2) is 4.98 Å². The van der Waals surface area contributed by atoms with Gasteiger partial charge in [-0.3, -0.25) is 0 Å². The molecule has 0 N–H and O–H groups in total. The second kappa shape index (κ2) is 5.24. The van der Waals surface area contributed by atoms with Crippen LogP contribution >= 0.6 is 0 Å². The second-order valence-corrected chi connectivity index (χ2v) is 6.56. The van der Waals surface area contributed by atoms with E-state index in [4.69, 9.17) is 10.2 Å². The molecule has 1 saturated carbocycles. The fraction of sp³-hybridized carbons (Fsp3) is 0.300. The molecular formula is C20H19N3. The fourth-order valence-corrected chi connectivity index (χ4v) is 3.09. The highest BCUT2D eigenvalue weighted by atomic mass is 15.1. The monoisotopic (exact) mass is 301 g/mol. The molecule has 0 radical (unpaired) electrons. The number of imidazole rings is 1. The maximum atomic E-state index is 8.94. The van der Waals surface area contributed by atoms with Gasteiger partial charge >= 0.3 is 0 Å². The standard InChI is InChI=1S/C20H19N3/c1-13-9-18-19(10-14(13)2)23(20(22-18)17-7-8-17)12-16-5-3-15(11-21)4-6-16/h3-6,9-10,17H,7-8,12H2,1-2H3. The number of fused-ring (bicyclic) bond motifs is 1. The number of nitrogens with zero attached hydrogens (tertiary/aromatic N) is 3. The number of aromatic nitrogens is 2. The van der Waals surface area contributed by atoms with Crippen molar-refractivity contribution in [3.63, 3.8) is 0 Å². The number of hydrogen-bond donors (Lipinski definition) is 0. The molecule has 0 atom stereocenters. The van der Waals surface area contributed by atoms with E-state index in [-0.39, 0.29) is 0 Å². The summed E-state index contributed by atoms with van der Waals surface area (Å²) in [6.45, 7) is 5.12. The van der Waals surface area contributed by atoms with Crippen molar-refractivity contribution < 1.29 is 0 Å². The smallest absolute Gasteiger partial charge is 0.113 e. The molecule has 0 saturated heterocycles. The summed E-state index contributed by atoms with van der Waals surface area (Å²) >= 11 is 0. The van der Waals surface area contributed by atoms with Crippen molar-refractivity contribution in [2.24, 2.45) is 0 Å². The Bertz CT molecular complexity index is 922. The molecule has 1 aliphatic rings. The van der Waals surface area contributed by atoms with Gasteiger partial charge in [0.2, 0.25) is 0 Å². The lowest BCUT2D eigenvalue weighted by molar-refractivity contribution is 0.746. The van der Waals surface area contributed by atoms with E-state index in [1.807, 2.05) is 24.3 Å². The van der Waals surface area contributed by atoms with Crippen LogP contribution in [-0.4, -0.2) is 9.55 Å². The summed E-state index contributed by atoms with van der Waals surface area (Å²) < 4.78 is 2.36. The highest BCUT2D eigenvalue weighted by molar-refractivity contribution is 5.78. The van der Waals surface area contributed by atoms with E-state index in [0.717, 1.165) is 12.1 Å². The Morgan fingerprint density at radius 1 is 1.13 bits per heavy atom. The van der Waals surface area contributed by atoms with Gasteiger partial charge in [0, 0.05) is 12.5 Å². The van der Waals surface area contributed by atoms with E-state index in [9.17, 15) is 0 Å². The Morgan fingerprint density at radius 2 is 1.83 bits per heavy atom. The van der Waals surface area contributed by atoms with Crippen LogP contribution in [0.25, 0.3) is 11.0 Å². The summed E-state index contributed by atoms with van der Waals surface area (Å²) in [7, 11) is 0. The first-order valence-corrected chi connectivity index (χ1v) is 8.12. The molecule has 2 aromatic carbocycles. The number of hydrogen-bond acceptors (Lipinski definition) is 2. The Morgan fingerprint density at radius 3 is 2.48 bits per heavy atom. The summed E-state index contributed by atoms with van der Waals surface area (Å²) in [6, 6.07) is 14.5. The molecule has 0 amide bonds. The zero-order valence-electron chi connectivity index (χ0n) is 13.5. The number of rotatable bonds is 3. The molecule has 3 heteroatoms. The molecule has 0 spiro atoms. The van der Waals surface area contributed by atoms with Crippen LogP contribution in [0.15, 0.2) is 36.4 Å². The summed E-state index contributed by atoms with van der Waals surface area (Å²) in [6.07, 6.45) is 2.49. The van der Waals surface area contributed by atoms with Crippen LogP contribution in [0.5, 0.6) is 0 Å². The largest absolute Gasteiger partial charge is 0.323 e. The molecule has 1 heterocycles. The lowest BCUT2D eigenvalue weighted by atomic mass is 10.1. The minimum atomic E-state index is 0.612. The zero-order chi connectivity index (χ0) is 16.0. The molecule has 1 fully saturated rings. The predicted molar refractivity (Wildman–Crippen MR) is 91.4 cm³/mol. The first-order chi connectivity index (χ1) is 11.2. The van der Waals surface area contributed by atoms with E-state index in [1.165, 1.54) is 40.9 Å². The highest BCUT2D eigenvalue weighted by Gasteiger charge is 2.29. The van der Waals surface area contributed by atoms with Gasteiger partial charge < -0.3 is 4.57 Å². The van der Waals surface area contributed by atoms with Crippen molar-refractivity contribution in [1.29, 1.82) is 5.26 Å². The molecule has 1 aromatic heterocycles. The molecule has 0 aliphatic heterocycles. The van der Waals surface area contributed by atoms with Crippen molar-refractivity contribution in [2.75, 3.05) is 0 Å². The normalized spacial score (nSPS) is 14.1. The van der Waals surface area contributed by atoms with E-state index in [2.05, 4.69) is 36.6 Å². The molecule has 3 aromatic rings. The van der Waals surface area contributed by atoms with Crippen LogP contribution in [0.2, 0.25) is 0 Å². The van der Waals surface area contributed by atoms with Gasteiger partial charge in [0.1, 0.15) is 5.82 Å². The number of aryl methyl sites for hydroxylation is 2. The van der Waals surface area contributed by atoms with Crippen LogP contribution in [0.3, 0.4) is 0 Å². The summed E-state index contributed by atoms with van der Waals surface area (Å²) in [5.74, 6) is 1.83. The van der Waals surface area contributed by atoms with Gasteiger partial charge in [0.25, 0.3) is 0 Å². The van der Waals surface area contributed by atoms with E-state index in [1.54, 1.807) is 0 Å². The van der Waals surface area contributed by atoms with E-state index >= 15 is 0 Å². The summed E-state index contributed by atoms with van der Waals surface area (Å²) in [5.41, 5.74) is 6.84. The van der Waals surface area contributed by atoms with E-state index in [0.29, 0.717) is 11.5 Å². The molecule has 114 valence electrons. The molecule has 0 bridgehead atoms. The van der Waals surface area contributed by atoms with Crippen LogP contribution in [0, 0.1) is 25.2 Å². The third-order valence-corrected chi connectivity index (χ3v) is 4.76. The fourth-order valence-electron chi connectivity index (χ4n) is 3.09. The van der Waals surface area contributed by atoms with Crippen molar-refractivity contribution in [2.45, 2.75) is 39.2 Å². The summed E-state index contributed by atoms with van der Waals surface area (Å²) in [4.78, 5) is 4.92. The molecule has 0 unspecified atom stereocenters. The average molecular weight is 301 g/mol. The first kappa shape index (κ1) is 14.0. The molecule has 4 rings (SSSR count). The van der Waals surface area contributed by atoms with Gasteiger partial charge in [-0.1, -0.05) is 12.1 Å². The quantitative estimate of drug-likeness (QED) is 0.717. The van der Waals surface area contributed by atoms with Gasteiger partial charge in [-0.2, -0.15) is 5.26 Å². The molecular weight excluding hydrogens is 282 g/mol. The van der Waals surface area contributed by atoms with Crippen LogP contribution in [0.1, 0.15) is 46.8 Å². The Hall–Kier alpha value is -2.60. The van der Waals surface area contributed by atoms with Crippen molar-refractivity contribution in [3.8, 4) is 6.07 Å². The van der Waals surface area contributed by atoms with Crippen LogP contribution < -0.4 is 0 Å². The van der Waals surface area contributed by atoms with Gasteiger partial charge in [0.15, 0.2) is 0 Å². The SMILES string of the molecule is Cc1cc2nc(C3CC3)n(Cc3ccc(C#N)cc3)c2cc1C. The minimum Gasteiger partial charge on any atom is -0.323 e. The maximum absolute atomic E-state index is 8.94. The maximum Gasteiger partial charge on any atom is 0.113 e.